The van der Waals surface area contributed by atoms with E-state index in [9.17, 15) is 0 Å². The second-order valence-corrected chi connectivity index (χ2v) is 2.14. The second kappa shape index (κ2) is 3.28. The first-order chi connectivity index (χ1) is 3.29. The minimum atomic E-state index is 0. The number of hydrogen-bond acceptors (Lipinski definition) is 2. The van der Waals surface area contributed by atoms with Crippen molar-refractivity contribution < 1.29 is 4.74 Å². The van der Waals surface area contributed by atoms with E-state index >= 15 is 0 Å². The van der Waals surface area contributed by atoms with Crippen molar-refractivity contribution >= 4 is 12.4 Å². The van der Waals surface area contributed by atoms with E-state index in [2.05, 4.69) is 0 Å². The first kappa shape index (κ1) is 8.21. The molecule has 1 rings (SSSR count). The third kappa shape index (κ3) is 1.99. The summed E-state index contributed by atoms with van der Waals surface area (Å²) in [6, 6.07) is 0.301. The van der Waals surface area contributed by atoms with Gasteiger partial charge < -0.3 is 10.5 Å². The second-order valence-electron chi connectivity index (χ2n) is 2.14. The molecule has 0 radical (unpaired) electrons. The highest BCUT2D eigenvalue weighted by atomic mass is 35.5. The van der Waals surface area contributed by atoms with Gasteiger partial charge in [0.2, 0.25) is 0 Å². The summed E-state index contributed by atoms with van der Waals surface area (Å²) in [6.07, 6.45) is 1.43. The lowest BCUT2D eigenvalue weighted by Gasteiger charge is -1.94. The van der Waals surface area contributed by atoms with Crippen molar-refractivity contribution in [2.45, 2.75) is 25.5 Å². The number of rotatable bonds is 0. The fraction of sp³-hybridized carbons (Fsp3) is 1.00. The lowest BCUT2D eigenvalue weighted by atomic mass is 10.2. The minimum Gasteiger partial charge on any atom is -0.377 e. The topological polar surface area (TPSA) is 35.2 Å². The highest BCUT2D eigenvalue weighted by molar-refractivity contribution is 5.85. The van der Waals surface area contributed by atoms with Crippen LogP contribution in [0.3, 0.4) is 0 Å². The van der Waals surface area contributed by atoms with Gasteiger partial charge in [0, 0.05) is 6.04 Å². The maximum Gasteiger partial charge on any atom is 0.0622 e. The molecule has 2 nitrogen and oxygen atoms in total. The monoisotopic (exact) mass is 137 g/mol. The largest absolute Gasteiger partial charge is 0.377 e. The lowest BCUT2D eigenvalue weighted by molar-refractivity contribution is 0.124. The fourth-order valence-corrected chi connectivity index (χ4v) is 0.850. The Labute approximate surface area is 55.8 Å². The quantitative estimate of drug-likeness (QED) is 0.529. The van der Waals surface area contributed by atoms with Crippen LogP contribution >= 0.6 is 12.4 Å². The molecule has 2 N–H and O–H groups in total. The smallest absolute Gasteiger partial charge is 0.0622 e. The molecular formula is C5H12ClNO. The molecule has 1 unspecified atom stereocenters. The fourth-order valence-electron chi connectivity index (χ4n) is 0.850. The molecule has 3 heteroatoms. The van der Waals surface area contributed by atoms with Gasteiger partial charge in [-0.1, -0.05) is 0 Å². The van der Waals surface area contributed by atoms with Gasteiger partial charge in [0.15, 0.2) is 0 Å². The van der Waals surface area contributed by atoms with Crippen LogP contribution in [0.25, 0.3) is 0 Å². The maximum atomic E-state index is 5.50. The van der Waals surface area contributed by atoms with Gasteiger partial charge in [-0.2, -0.15) is 0 Å². The van der Waals surface area contributed by atoms with Crippen LogP contribution in [-0.2, 0) is 4.74 Å². The third-order valence-corrected chi connectivity index (χ3v) is 1.23. The average Bonchev–Trinajstić information content (AvgIpc) is 1.87. The van der Waals surface area contributed by atoms with Crippen molar-refractivity contribution in [1.29, 1.82) is 0 Å². The van der Waals surface area contributed by atoms with Gasteiger partial charge in [0.1, 0.15) is 0 Å². The van der Waals surface area contributed by atoms with Crippen molar-refractivity contribution in [3.8, 4) is 0 Å². The van der Waals surface area contributed by atoms with Crippen LogP contribution < -0.4 is 5.73 Å². The zero-order valence-corrected chi connectivity index (χ0v) is 5.78. The van der Waals surface area contributed by atoms with Crippen LogP contribution in [0.4, 0.5) is 0 Å². The zero-order chi connectivity index (χ0) is 5.28. The minimum absolute atomic E-state index is 0. The first-order valence-corrected chi connectivity index (χ1v) is 2.66. The third-order valence-electron chi connectivity index (χ3n) is 1.23. The van der Waals surface area contributed by atoms with E-state index in [1.165, 1.54) is 0 Å². The van der Waals surface area contributed by atoms with E-state index in [1.807, 2.05) is 6.92 Å². The molecular weight excluding hydrogens is 126 g/mol. The Morgan fingerprint density at radius 1 is 1.62 bits per heavy atom. The molecule has 0 saturated carbocycles. The van der Waals surface area contributed by atoms with Gasteiger partial charge in [0.25, 0.3) is 0 Å². The summed E-state index contributed by atoms with van der Waals surface area (Å²) in [5, 5.41) is 0. The summed E-state index contributed by atoms with van der Waals surface area (Å²) in [5.74, 6) is 0. The Kier molecular flexibility index (Phi) is 3.36. The van der Waals surface area contributed by atoms with Crippen molar-refractivity contribution in [1.82, 2.24) is 0 Å². The van der Waals surface area contributed by atoms with Crippen molar-refractivity contribution in [3.05, 3.63) is 0 Å². The Balaban J connectivity index is 0.000000490. The molecule has 0 bridgehead atoms. The molecule has 0 aromatic rings. The normalized spacial score (nSPS) is 36.8. The van der Waals surface area contributed by atoms with E-state index in [1.54, 1.807) is 0 Å². The number of ether oxygens (including phenoxy) is 1. The zero-order valence-electron chi connectivity index (χ0n) is 4.96. The Bertz CT molecular complexity index is 61.4. The molecule has 8 heavy (non-hydrogen) atoms. The van der Waals surface area contributed by atoms with Crippen LogP contribution in [-0.4, -0.2) is 18.8 Å². The van der Waals surface area contributed by atoms with Crippen LogP contribution in [0, 0.1) is 0 Å². The maximum absolute atomic E-state index is 5.50. The highest BCUT2D eigenvalue weighted by Gasteiger charge is 2.16. The van der Waals surface area contributed by atoms with Crippen LogP contribution in [0.5, 0.6) is 0 Å². The summed E-state index contributed by atoms with van der Waals surface area (Å²) >= 11 is 0. The predicted molar refractivity (Wildman–Crippen MR) is 35.3 cm³/mol. The molecule has 1 fully saturated rings. The Hall–Kier alpha value is 0.210. The summed E-state index contributed by atoms with van der Waals surface area (Å²) < 4.78 is 5.14. The predicted octanol–water partition coefficient (Wildman–Crippen LogP) is 0.544. The van der Waals surface area contributed by atoms with Crippen molar-refractivity contribution in [3.63, 3.8) is 0 Å². The summed E-state index contributed by atoms with van der Waals surface area (Å²) in [7, 11) is 0. The van der Waals surface area contributed by atoms with Gasteiger partial charge >= 0.3 is 0 Å². The summed E-state index contributed by atoms with van der Waals surface area (Å²) in [6.45, 7) is 2.80. The summed E-state index contributed by atoms with van der Waals surface area (Å²) in [4.78, 5) is 0. The molecule has 0 aromatic heterocycles. The van der Waals surface area contributed by atoms with Gasteiger partial charge in [-0.25, -0.2) is 0 Å². The first-order valence-electron chi connectivity index (χ1n) is 2.66. The molecule has 50 valence electrons. The number of nitrogens with two attached hydrogens (primary N) is 1. The molecule has 2 atom stereocenters. The lowest BCUT2D eigenvalue weighted by Crippen LogP contribution is -2.18. The van der Waals surface area contributed by atoms with E-state index < -0.39 is 0 Å². The molecule has 1 heterocycles. The molecule has 0 aliphatic carbocycles. The van der Waals surface area contributed by atoms with E-state index in [0.717, 1.165) is 13.0 Å². The average molecular weight is 138 g/mol. The van der Waals surface area contributed by atoms with E-state index in [-0.39, 0.29) is 12.4 Å². The molecule has 1 aliphatic heterocycles. The van der Waals surface area contributed by atoms with Gasteiger partial charge in [0.05, 0.1) is 12.7 Å². The number of hydrogen-bond donors (Lipinski definition) is 1. The SMILES string of the molecule is CC1C[C@@H](N)CO1.Cl. The van der Waals surface area contributed by atoms with Gasteiger partial charge in [-0.05, 0) is 13.3 Å². The van der Waals surface area contributed by atoms with Gasteiger partial charge in [-0.3, -0.25) is 0 Å². The number of halogens is 1. The van der Waals surface area contributed by atoms with Gasteiger partial charge in [-0.15, -0.1) is 12.4 Å². The van der Waals surface area contributed by atoms with E-state index in [4.69, 9.17) is 10.5 Å². The Morgan fingerprint density at radius 3 is 2.38 bits per heavy atom. The molecule has 1 aliphatic rings. The standard InChI is InChI=1S/C5H11NO.ClH/c1-4-2-5(6)3-7-4;/h4-5H,2-3,6H2,1H3;1H/t4?,5-;/m1./s1. The van der Waals surface area contributed by atoms with Crippen LogP contribution in [0.1, 0.15) is 13.3 Å². The van der Waals surface area contributed by atoms with Crippen LogP contribution in [0.2, 0.25) is 0 Å². The Morgan fingerprint density at radius 2 is 2.25 bits per heavy atom. The molecule has 0 amide bonds. The molecule has 1 saturated heterocycles. The van der Waals surface area contributed by atoms with Crippen LogP contribution in [0.15, 0.2) is 0 Å². The highest BCUT2D eigenvalue weighted by Crippen LogP contribution is 2.08. The molecule has 0 spiro atoms. The van der Waals surface area contributed by atoms with Crippen molar-refractivity contribution in [2.75, 3.05) is 6.61 Å². The molecule has 0 aromatic carbocycles. The van der Waals surface area contributed by atoms with Crippen molar-refractivity contribution in [2.24, 2.45) is 5.73 Å². The summed E-state index contributed by atoms with van der Waals surface area (Å²) in [5.41, 5.74) is 5.50. The van der Waals surface area contributed by atoms with E-state index in [0.29, 0.717) is 12.1 Å².